The van der Waals surface area contributed by atoms with E-state index in [2.05, 4.69) is 135 Å². The number of hydrogen-bond donors (Lipinski definition) is 0. The van der Waals surface area contributed by atoms with Crippen molar-refractivity contribution in [2.75, 3.05) is 0 Å². The summed E-state index contributed by atoms with van der Waals surface area (Å²) in [4.78, 5) is 4.82. The second kappa shape index (κ2) is 10.2. The second-order valence-electron chi connectivity index (χ2n) is 9.18. The van der Waals surface area contributed by atoms with E-state index in [1.165, 1.54) is 31.9 Å². The van der Waals surface area contributed by atoms with E-state index in [1.54, 1.807) is 0 Å². The highest BCUT2D eigenvalue weighted by Crippen LogP contribution is 2.25. The van der Waals surface area contributed by atoms with Gasteiger partial charge in [-0.25, -0.2) is 0 Å². The Labute approximate surface area is 210 Å². The quantitative estimate of drug-likeness (QED) is 0.222. The van der Waals surface area contributed by atoms with Crippen LogP contribution in [0.15, 0.2) is 134 Å². The van der Waals surface area contributed by atoms with E-state index >= 15 is 0 Å². The summed E-state index contributed by atoms with van der Waals surface area (Å²) in [6.45, 7) is 4.60. The zero-order valence-electron chi connectivity index (χ0n) is 20.4. The van der Waals surface area contributed by atoms with Crippen molar-refractivity contribution >= 4 is 28.8 Å². The molecular formula is C33H31NSi. The van der Waals surface area contributed by atoms with Crippen LogP contribution in [0.25, 0.3) is 11.3 Å². The maximum atomic E-state index is 4.82. The molecule has 35 heavy (non-hydrogen) atoms. The molecule has 1 unspecified atom stereocenters. The van der Waals surface area contributed by atoms with Crippen LogP contribution < -0.4 is 20.7 Å². The fraction of sp³-hybridized carbons (Fsp3) is 0.121. The van der Waals surface area contributed by atoms with Crippen LogP contribution in [0.2, 0.25) is 0 Å². The van der Waals surface area contributed by atoms with Crippen molar-refractivity contribution in [3.8, 4) is 11.3 Å². The van der Waals surface area contributed by atoms with Gasteiger partial charge in [-0.2, -0.15) is 0 Å². The zero-order valence-corrected chi connectivity index (χ0v) is 21.4. The maximum Gasteiger partial charge on any atom is 0.180 e. The lowest BCUT2D eigenvalue weighted by molar-refractivity contribution is 0.734. The first-order valence-corrected chi connectivity index (χ1v) is 14.5. The monoisotopic (exact) mass is 469 g/mol. The number of pyridine rings is 1. The van der Waals surface area contributed by atoms with Crippen molar-refractivity contribution in [1.29, 1.82) is 0 Å². The molecule has 1 aromatic heterocycles. The first-order valence-electron chi connectivity index (χ1n) is 12.5. The topological polar surface area (TPSA) is 12.9 Å². The highest BCUT2D eigenvalue weighted by atomic mass is 28.3. The Balaban J connectivity index is 1.96. The molecule has 5 aromatic rings. The van der Waals surface area contributed by atoms with Crippen LogP contribution in [-0.4, -0.2) is 13.1 Å². The lowest BCUT2D eigenvalue weighted by atomic mass is 9.97. The molecule has 0 N–H and O–H groups in total. The molecule has 5 rings (SSSR count). The van der Waals surface area contributed by atoms with E-state index in [0.29, 0.717) is 5.92 Å². The maximum absolute atomic E-state index is 4.82. The van der Waals surface area contributed by atoms with Crippen molar-refractivity contribution in [3.05, 3.63) is 139 Å². The van der Waals surface area contributed by atoms with Crippen LogP contribution in [-0.2, 0) is 0 Å². The van der Waals surface area contributed by atoms with Gasteiger partial charge >= 0.3 is 0 Å². The van der Waals surface area contributed by atoms with Gasteiger partial charge in [0.25, 0.3) is 0 Å². The lowest BCUT2D eigenvalue weighted by Crippen LogP contribution is -2.75. The minimum absolute atomic E-state index is 0.487. The van der Waals surface area contributed by atoms with Crippen LogP contribution >= 0.6 is 0 Å². The Morgan fingerprint density at radius 3 is 1.60 bits per heavy atom. The number of hydrogen-bond acceptors (Lipinski definition) is 1. The minimum Gasteiger partial charge on any atom is -0.256 e. The predicted octanol–water partition coefficient (Wildman–Crippen LogP) is 5.64. The summed E-state index contributed by atoms with van der Waals surface area (Å²) in [6, 6.07) is 46.7. The average molecular weight is 470 g/mol. The van der Waals surface area contributed by atoms with E-state index in [4.69, 9.17) is 4.98 Å². The minimum atomic E-state index is -2.66. The van der Waals surface area contributed by atoms with Crippen LogP contribution in [0.5, 0.6) is 0 Å². The highest BCUT2D eigenvalue weighted by molar-refractivity contribution is 7.20. The lowest BCUT2D eigenvalue weighted by Gasteiger charge is -2.36. The molecule has 0 bridgehead atoms. The third-order valence-corrected chi connectivity index (χ3v) is 12.0. The van der Waals surface area contributed by atoms with Crippen molar-refractivity contribution < 1.29 is 0 Å². The number of aromatic nitrogens is 1. The van der Waals surface area contributed by atoms with Gasteiger partial charge in [-0.1, -0.05) is 129 Å². The summed E-state index contributed by atoms with van der Waals surface area (Å²) < 4.78 is 0. The van der Waals surface area contributed by atoms with Gasteiger partial charge in [-0.15, -0.1) is 0 Å². The summed E-state index contributed by atoms with van der Waals surface area (Å²) in [7, 11) is -2.66. The van der Waals surface area contributed by atoms with Crippen molar-refractivity contribution in [2.45, 2.75) is 26.2 Å². The SMILES string of the molecule is CCC(C)c1ccc(-c2ccccn2)c([Si](c2ccccc2)(c2ccccc2)c2ccccc2)c1. The molecule has 0 aliphatic rings. The van der Waals surface area contributed by atoms with Crippen molar-refractivity contribution in [3.63, 3.8) is 0 Å². The number of benzene rings is 4. The Morgan fingerprint density at radius 2 is 1.14 bits per heavy atom. The Hall–Kier alpha value is -3.75. The molecule has 2 heteroatoms. The molecule has 4 aromatic carbocycles. The summed E-state index contributed by atoms with van der Waals surface area (Å²) in [5.41, 5.74) is 3.64. The molecule has 0 spiro atoms. The summed E-state index contributed by atoms with van der Waals surface area (Å²) in [6.07, 6.45) is 3.01. The van der Waals surface area contributed by atoms with Crippen molar-refractivity contribution in [2.24, 2.45) is 0 Å². The highest BCUT2D eigenvalue weighted by Gasteiger charge is 2.43. The number of nitrogens with zero attached hydrogens (tertiary/aromatic N) is 1. The molecule has 1 atom stereocenters. The molecular weight excluding hydrogens is 438 g/mol. The van der Waals surface area contributed by atoms with E-state index in [1.807, 2.05) is 12.3 Å². The summed E-state index contributed by atoms with van der Waals surface area (Å²) in [5, 5.41) is 5.56. The summed E-state index contributed by atoms with van der Waals surface area (Å²) in [5.74, 6) is 0.487. The van der Waals surface area contributed by atoms with Crippen LogP contribution in [0, 0.1) is 0 Å². The first-order chi connectivity index (χ1) is 17.2. The van der Waals surface area contributed by atoms with E-state index in [-0.39, 0.29) is 0 Å². The van der Waals surface area contributed by atoms with Crippen LogP contribution in [0.3, 0.4) is 0 Å². The van der Waals surface area contributed by atoms with E-state index < -0.39 is 8.07 Å². The predicted molar refractivity (Wildman–Crippen MR) is 152 cm³/mol. The molecule has 1 heterocycles. The first kappa shape index (κ1) is 23.0. The number of rotatable bonds is 7. The standard InChI is InChI=1S/C33H31NSi/c1-3-26(2)27-22-23-31(32-21-13-14-24-34-32)33(25-27)35(28-15-7-4-8-16-28,29-17-9-5-10-18-29)30-19-11-6-12-20-30/h4-26H,3H2,1-2H3. The third-order valence-electron chi connectivity index (χ3n) is 7.19. The molecule has 0 saturated carbocycles. The molecule has 172 valence electrons. The smallest absolute Gasteiger partial charge is 0.180 e. The van der Waals surface area contributed by atoms with E-state index in [0.717, 1.165) is 12.1 Å². The Bertz CT molecular complexity index is 1270. The molecule has 0 saturated heterocycles. The molecule has 0 aliphatic carbocycles. The van der Waals surface area contributed by atoms with Gasteiger partial charge in [0.15, 0.2) is 8.07 Å². The second-order valence-corrected chi connectivity index (χ2v) is 12.9. The van der Waals surface area contributed by atoms with Crippen LogP contribution in [0.1, 0.15) is 31.7 Å². The molecule has 1 nitrogen and oxygen atoms in total. The Kier molecular flexibility index (Phi) is 6.74. The van der Waals surface area contributed by atoms with Gasteiger partial charge in [0.2, 0.25) is 0 Å². The van der Waals surface area contributed by atoms with Gasteiger partial charge in [-0.05, 0) is 50.8 Å². The van der Waals surface area contributed by atoms with Crippen LogP contribution in [0.4, 0.5) is 0 Å². The Morgan fingerprint density at radius 1 is 0.629 bits per heavy atom. The molecule has 0 fully saturated rings. The van der Waals surface area contributed by atoms with E-state index in [9.17, 15) is 0 Å². The van der Waals surface area contributed by atoms with Gasteiger partial charge in [0, 0.05) is 11.8 Å². The average Bonchev–Trinajstić information content (AvgIpc) is 2.95. The fourth-order valence-electron chi connectivity index (χ4n) is 5.19. The molecule has 0 radical (unpaired) electrons. The van der Waals surface area contributed by atoms with Gasteiger partial charge in [0.1, 0.15) is 0 Å². The largest absolute Gasteiger partial charge is 0.256 e. The summed E-state index contributed by atoms with van der Waals surface area (Å²) >= 11 is 0. The van der Waals surface area contributed by atoms with Gasteiger partial charge in [0.05, 0.1) is 5.69 Å². The normalized spacial score (nSPS) is 12.3. The van der Waals surface area contributed by atoms with Crippen molar-refractivity contribution in [1.82, 2.24) is 4.98 Å². The fourth-order valence-corrected chi connectivity index (χ4v) is 10.2. The van der Waals surface area contributed by atoms with Gasteiger partial charge in [-0.3, -0.25) is 4.98 Å². The molecule has 0 amide bonds. The van der Waals surface area contributed by atoms with Gasteiger partial charge < -0.3 is 0 Å². The zero-order chi connectivity index (χ0) is 24.1. The third kappa shape index (κ3) is 4.26. The molecule has 0 aliphatic heterocycles.